The number of nitrogens with one attached hydrogen (secondary N) is 2. The minimum absolute atomic E-state index is 0.342. The second-order valence-electron chi connectivity index (χ2n) is 5.28. The van der Waals surface area contributed by atoms with Gasteiger partial charge in [0.05, 0.1) is 11.9 Å². The lowest BCUT2D eigenvalue weighted by atomic mass is 10.2. The molecule has 0 bridgehead atoms. The second-order valence-corrected chi connectivity index (χ2v) is 5.28. The number of hydrogen-bond donors (Lipinski definition) is 5. The van der Waals surface area contributed by atoms with Crippen molar-refractivity contribution in [2.45, 2.75) is 25.9 Å². The molecule has 0 spiro atoms. The number of aryl methyl sites for hydroxylation is 1. The van der Waals surface area contributed by atoms with E-state index in [2.05, 4.69) is 22.1 Å². The summed E-state index contributed by atoms with van der Waals surface area (Å²) in [5.41, 5.74) is 15.7. The summed E-state index contributed by atoms with van der Waals surface area (Å²) in [5, 5.41) is 4.73. The normalized spacial score (nSPS) is 10.6. The lowest BCUT2D eigenvalue weighted by Gasteiger charge is -2.15. The third kappa shape index (κ3) is 6.52. The highest BCUT2D eigenvalue weighted by Gasteiger charge is 2.23. The fourth-order valence-corrected chi connectivity index (χ4v) is 2.41. The summed E-state index contributed by atoms with van der Waals surface area (Å²) in [5.74, 6) is -2.58. The molecule has 156 valence electrons. The molecule has 2 rings (SSSR count). The number of likely N-dealkylation sites (N-methyl/N-ethyl adjacent to an activating group) is 1. The third-order valence-electron chi connectivity index (χ3n) is 3.49. The topological polar surface area (TPSA) is 188 Å². The Balaban J connectivity index is 0.00000171. The summed E-state index contributed by atoms with van der Waals surface area (Å²) >= 11 is 0. The Morgan fingerprint density at radius 1 is 1.18 bits per heavy atom. The van der Waals surface area contributed by atoms with E-state index in [0.29, 0.717) is 11.1 Å². The SMILES string of the molecule is CN.CN.CNC(=O)[C@H](CC(N)=O)NC(=O)Cn1c(=O)oc2cccc(C)c21. The average Bonchev–Trinajstić information content (AvgIpc) is 3.00. The van der Waals surface area contributed by atoms with Gasteiger partial charge in [0.15, 0.2) is 5.58 Å². The van der Waals surface area contributed by atoms with E-state index in [0.717, 1.165) is 5.56 Å². The minimum Gasteiger partial charge on any atom is -0.408 e. The smallest absolute Gasteiger partial charge is 0.408 e. The van der Waals surface area contributed by atoms with Crippen molar-refractivity contribution < 1.29 is 18.8 Å². The summed E-state index contributed by atoms with van der Waals surface area (Å²) in [6.07, 6.45) is -0.342. The summed E-state index contributed by atoms with van der Waals surface area (Å²) in [6.45, 7) is 1.44. The maximum Gasteiger partial charge on any atom is 0.420 e. The number of carbonyl (C=O) groups excluding carboxylic acids is 3. The molecule has 0 aliphatic rings. The van der Waals surface area contributed by atoms with E-state index in [9.17, 15) is 19.2 Å². The van der Waals surface area contributed by atoms with E-state index in [1.165, 1.54) is 25.7 Å². The Kier molecular flexibility index (Phi) is 10.9. The predicted octanol–water partition coefficient (Wildman–Crippen LogP) is -1.84. The first-order valence-corrected chi connectivity index (χ1v) is 8.37. The fraction of sp³-hybridized carbons (Fsp3) is 0.412. The first-order chi connectivity index (χ1) is 13.3. The summed E-state index contributed by atoms with van der Waals surface area (Å²) in [4.78, 5) is 46.8. The molecule has 1 aromatic heterocycles. The zero-order valence-corrected chi connectivity index (χ0v) is 16.4. The van der Waals surface area contributed by atoms with Crippen molar-refractivity contribution >= 4 is 28.8 Å². The van der Waals surface area contributed by atoms with Crippen LogP contribution in [0.3, 0.4) is 0 Å². The molecule has 0 saturated heterocycles. The Labute approximate surface area is 162 Å². The number of benzene rings is 1. The Morgan fingerprint density at radius 2 is 1.79 bits per heavy atom. The lowest BCUT2D eigenvalue weighted by molar-refractivity contribution is -0.131. The summed E-state index contributed by atoms with van der Waals surface area (Å²) in [7, 11) is 4.37. The van der Waals surface area contributed by atoms with Gasteiger partial charge in [-0.15, -0.1) is 0 Å². The molecule has 28 heavy (non-hydrogen) atoms. The molecule has 0 aliphatic heterocycles. The van der Waals surface area contributed by atoms with Gasteiger partial charge in [0.2, 0.25) is 17.7 Å². The van der Waals surface area contributed by atoms with Crippen molar-refractivity contribution in [1.82, 2.24) is 15.2 Å². The second kappa shape index (κ2) is 12.3. The highest BCUT2D eigenvalue weighted by atomic mass is 16.4. The molecule has 0 aliphatic carbocycles. The molecular formula is C17H28N6O5. The van der Waals surface area contributed by atoms with Crippen LogP contribution in [0.4, 0.5) is 0 Å². The van der Waals surface area contributed by atoms with Gasteiger partial charge < -0.3 is 32.3 Å². The van der Waals surface area contributed by atoms with Crippen molar-refractivity contribution in [1.29, 1.82) is 0 Å². The van der Waals surface area contributed by atoms with Crippen LogP contribution in [-0.2, 0) is 20.9 Å². The molecule has 0 fully saturated rings. The highest BCUT2D eigenvalue weighted by Crippen LogP contribution is 2.16. The third-order valence-corrected chi connectivity index (χ3v) is 3.49. The monoisotopic (exact) mass is 396 g/mol. The number of primary amides is 1. The van der Waals surface area contributed by atoms with Crippen LogP contribution in [0, 0.1) is 6.92 Å². The number of rotatable bonds is 6. The molecule has 1 aromatic carbocycles. The number of fused-ring (bicyclic) bond motifs is 1. The van der Waals surface area contributed by atoms with Crippen LogP contribution in [0.15, 0.2) is 27.4 Å². The van der Waals surface area contributed by atoms with Gasteiger partial charge in [-0.3, -0.25) is 19.0 Å². The van der Waals surface area contributed by atoms with Crippen LogP contribution in [-0.4, -0.2) is 49.5 Å². The summed E-state index contributed by atoms with van der Waals surface area (Å²) in [6, 6.07) is 4.04. The fourth-order valence-electron chi connectivity index (χ4n) is 2.41. The van der Waals surface area contributed by atoms with Crippen LogP contribution in [0.5, 0.6) is 0 Å². The maximum atomic E-state index is 12.2. The van der Waals surface area contributed by atoms with Crippen LogP contribution in [0.2, 0.25) is 0 Å². The number of nitrogens with two attached hydrogens (primary N) is 3. The number of carbonyl (C=O) groups is 3. The quantitative estimate of drug-likeness (QED) is 0.379. The van der Waals surface area contributed by atoms with E-state index >= 15 is 0 Å². The van der Waals surface area contributed by atoms with Crippen LogP contribution in [0.25, 0.3) is 11.1 Å². The van der Waals surface area contributed by atoms with Gasteiger partial charge in [-0.2, -0.15) is 0 Å². The summed E-state index contributed by atoms with van der Waals surface area (Å²) < 4.78 is 6.26. The Hall–Kier alpha value is -3.18. The molecule has 11 heteroatoms. The number of nitrogens with zero attached hydrogens (tertiary/aromatic N) is 1. The lowest BCUT2D eigenvalue weighted by Crippen LogP contribution is -2.48. The first-order valence-electron chi connectivity index (χ1n) is 8.37. The number of oxazole rings is 1. The molecule has 11 nitrogen and oxygen atoms in total. The van der Waals surface area contributed by atoms with E-state index in [-0.39, 0.29) is 13.0 Å². The van der Waals surface area contributed by atoms with E-state index in [4.69, 9.17) is 10.2 Å². The van der Waals surface area contributed by atoms with Gasteiger partial charge in [0.25, 0.3) is 0 Å². The van der Waals surface area contributed by atoms with Gasteiger partial charge >= 0.3 is 5.76 Å². The first kappa shape index (κ1) is 24.8. The minimum atomic E-state index is -1.10. The van der Waals surface area contributed by atoms with Crippen LogP contribution in [0.1, 0.15) is 12.0 Å². The van der Waals surface area contributed by atoms with E-state index in [1.807, 2.05) is 0 Å². The van der Waals surface area contributed by atoms with Gasteiger partial charge in [0, 0.05) is 7.05 Å². The Morgan fingerprint density at radius 3 is 2.32 bits per heavy atom. The number of amides is 3. The van der Waals surface area contributed by atoms with Crippen molar-refractivity contribution in [3.8, 4) is 0 Å². The van der Waals surface area contributed by atoms with Crippen LogP contribution >= 0.6 is 0 Å². The van der Waals surface area contributed by atoms with Crippen molar-refractivity contribution in [2.24, 2.45) is 17.2 Å². The number of hydrogen-bond acceptors (Lipinski definition) is 7. The molecule has 2 aromatic rings. The maximum absolute atomic E-state index is 12.2. The molecule has 0 unspecified atom stereocenters. The standard InChI is InChI=1S/C15H18N4O5.2CH5N/c1-8-4-3-5-10-13(8)19(15(23)24-10)7-12(21)18-9(6-11(16)20)14(22)17-2;2*1-2/h3-5,9H,6-7H2,1-2H3,(H2,16,20)(H,17,22)(H,18,21);2*2H2,1H3/t9-;;/m0../s1. The molecule has 0 radical (unpaired) electrons. The van der Waals surface area contributed by atoms with Gasteiger partial charge in [-0.25, -0.2) is 4.79 Å². The van der Waals surface area contributed by atoms with Gasteiger partial charge in [-0.1, -0.05) is 12.1 Å². The van der Waals surface area contributed by atoms with Crippen molar-refractivity contribution in [3.05, 3.63) is 34.3 Å². The predicted molar refractivity (Wildman–Crippen MR) is 105 cm³/mol. The zero-order valence-electron chi connectivity index (χ0n) is 16.4. The van der Waals surface area contributed by atoms with Gasteiger partial charge in [-0.05, 0) is 32.6 Å². The van der Waals surface area contributed by atoms with E-state index < -0.39 is 29.5 Å². The largest absolute Gasteiger partial charge is 0.420 e. The number of aromatic nitrogens is 1. The molecule has 1 heterocycles. The van der Waals surface area contributed by atoms with Crippen molar-refractivity contribution in [3.63, 3.8) is 0 Å². The molecule has 8 N–H and O–H groups in total. The molecular weight excluding hydrogens is 368 g/mol. The van der Waals surface area contributed by atoms with Crippen molar-refractivity contribution in [2.75, 3.05) is 21.1 Å². The molecule has 1 atom stereocenters. The zero-order chi connectivity index (χ0) is 21.9. The molecule has 3 amide bonds. The van der Waals surface area contributed by atoms with Crippen LogP contribution < -0.4 is 33.6 Å². The molecule has 0 saturated carbocycles. The highest BCUT2D eigenvalue weighted by molar-refractivity contribution is 5.91. The average molecular weight is 396 g/mol. The van der Waals surface area contributed by atoms with Gasteiger partial charge in [0.1, 0.15) is 12.6 Å². The van der Waals surface area contributed by atoms with E-state index in [1.54, 1.807) is 25.1 Å². The Bertz CT molecular complexity index is 857. The number of para-hydroxylation sites is 1.